The quantitative estimate of drug-likeness (QED) is 0.0835. The minimum absolute atomic E-state index is 0.00270. The van der Waals surface area contributed by atoms with Crippen LogP contribution in [0.5, 0.6) is 0 Å². The van der Waals surface area contributed by atoms with Crippen molar-refractivity contribution in [2.45, 2.75) is 38.3 Å². The molecule has 0 aromatic heterocycles. The van der Waals surface area contributed by atoms with E-state index in [4.69, 9.17) is 18.9 Å². The molecule has 0 aliphatic heterocycles. The van der Waals surface area contributed by atoms with Gasteiger partial charge in [0.25, 0.3) is 5.91 Å². The van der Waals surface area contributed by atoms with E-state index < -0.39 is 60.0 Å². The Morgan fingerprint density at radius 1 is 0.692 bits per heavy atom. The van der Waals surface area contributed by atoms with E-state index in [2.05, 4.69) is 5.32 Å². The molecular formula is C39H36F3NO9. The molecular weight excluding hydrogens is 683 g/mol. The highest BCUT2D eigenvalue weighted by Gasteiger charge is 2.50. The van der Waals surface area contributed by atoms with Gasteiger partial charge < -0.3 is 24.3 Å². The Labute approximate surface area is 297 Å². The summed E-state index contributed by atoms with van der Waals surface area (Å²) in [5.74, 6) is -4.12. The van der Waals surface area contributed by atoms with Crippen molar-refractivity contribution < 1.29 is 56.1 Å². The van der Waals surface area contributed by atoms with Crippen molar-refractivity contribution in [1.82, 2.24) is 0 Å². The number of hydrogen-bond acceptors (Lipinski definition) is 9. The third-order valence-corrected chi connectivity index (χ3v) is 8.07. The second-order valence-corrected chi connectivity index (χ2v) is 11.3. The molecule has 0 fully saturated rings. The van der Waals surface area contributed by atoms with Crippen molar-refractivity contribution in [3.8, 4) is 11.1 Å². The van der Waals surface area contributed by atoms with Gasteiger partial charge in [0, 0.05) is 12.0 Å². The van der Waals surface area contributed by atoms with Gasteiger partial charge in [-0.05, 0) is 60.4 Å². The topological polar surface area (TPSA) is 134 Å². The highest BCUT2D eigenvalue weighted by molar-refractivity contribution is 6.11. The molecule has 0 atom stereocenters. The Bertz CT molecular complexity index is 1890. The van der Waals surface area contributed by atoms with Gasteiger partial charge in [-0.25, -0.2) is 4.79 Å². The number of ether oxygens (including phenoxy) is 4. The molecule has 0 heterocycles. The van der Waals surface area contributed by atoms with Gasteiger partial charge in [0.2, 0.25) is 0 Å². The highest BCUT2D eigenvalue weighted by atomic mass is 19.4. The minimum Gasteiger partial charge on any atom is -0.465 e. The first-order valence-corrected chi connectivity index (χ1v) is 16.2. The van der Waals surface area contributed by atoms with Crippen molar-refractivity contribution in [2.75, 3.05) is 32.2 Å². The molecule has 52 heavy (non-hydrogen) atoms. The van der Waals surface area contributed by atoms with Gasteiger partial charge in [-0.3, -0.25) is 19.2 Å². The predicted octanol–water partition coefficient (Wildman–Crippen LogP) is 6.95. The molecule has 272 valence electrons. The highest BCUT2D eigenvalue weighted by Crippen LogP contribution is 2.34. The third kappa shape index (κ3) is 8.84. The van der Waals surface area contributed by atoms with Crippen molar-refractivity contribution >= 4 is 35.5 Å². The third-order valence-electron chi connectivity index (χ3n) is 8.07. The van der Waals surface area contributed by atoms with Crippen LogP contribution in [0.25, 0.3) is 11.1 Å². The number of esters is 4. The summed E-state index contributed by atoms with van der Waals surface area (Å²) in [6, 6.07) is 23.1. The molecule has 0 unspecified atom stereocenters. The van der Waals surface area contributed by atoms with Gasteiger partial charge in [-0.15, -0.1) is 0 Å². The van der Waals surface area contributed by atoms with Crippen molar-refractivity contribution in [1.29, 1.82) is 0 Å². The second-order valence-electron chi connectivity index (χ2n) is 11.3. The van der Waals surface area contributed by atoms with E-state index in [0.29, 0.717) is 16.7 Å². The molecule has 10 nitrogen and oxygen atoms in total. The molecule has 0 spiro atoms. The average molecular weight is 720 g/mol. The maximum absolute atomic E-state index is 13.6. The molecule has 4 rings (SSSR count). The van der Waals surface area contributed by atoms with E-state index in [-0.39, 0.29) is 42.0 Å². The largest absolute Gasteiger partial charge is 0.465 e. The summed E-state index contributed by atoms with van der Waals surface area (Å²) in [6.45, 7) is 2.74. The smallest absolute Gasteiger partial charge is 0.416 e. The zero-order valence-corrected chi connectivity index (χ0v) is 28.6. The molecule has 4 aromatic rings. The van der Waals surface area contributed by atoms with Gasteiger partial charge in [-0.1, -0.05) is 72.8 Å². The van der Waals surface area contributed by atoms with E-state index in [9.17, 15) is 37.1 Å². The number of hydrogen-bond donors (Lipinski definition) is 1. The average Bonchev–Trinajstić information content (AvgIpc) is 3.13. The summed E-state index contributed by atoms with van der Waals surface area (Å²) in [4.78, 5) is 66.3. The summed E-state index contributed by atoms with van der Waals surface area (Å²) in [6.07, 6.45) is -5.30. The van der Waals surface area contributed by atoms with E-state index in [1.165, 1.54) is 36.4 Å². The molecule has 1 N–H and O–H groups in total. The second kappa shape index (κ2) is 17.3. The number of anilines is 1. The number of nitrogens with one attached hydrogen (secondary N) is 1. The molecule has 0 saturated heterocycles. The molecule has 13 heteroatoms. The monoisotopic (exact) mass is 719 g/mol. The first kappa shape index (κ1) is 38.8. The summed E-state index contributed by atoms with van der Waals surface area (Å²) in [5.41, 5.74) is -1.69. The van der Waals surface area contributed by atoms with E-state index >= 15 is 0 Å². The molecule has 0 aliphatic rings. The van der Waals surface area contributed by atoms with E-state index in [1.54, 1.807) is 62.4 Å². The van der Waals surface area contributed by atoms with Gasteiger partial charge in [0.15, 0.2) is 5.41 Å². The van der Waals surface area contributed by atoms with Crippen molar-refractivity contribution in [3.05, 3.63) is 125 Å². The van der Waals surface area contributed by atoms with Crippen LogP contribution in [0.1, 0.15) is 57.7 Å². The fourth-order valence-electron chi connectivity index (χ4n) is 5.58. The SMILES string of the molecule is CCOC(=O)C(CCOC(=O)Cc1cccc(NC(=O)c2ccccc2-c2ccc(C(F)(F)F)cc2)c1C(=O)OC)(C(=O)OCC)c1ccccc1. The van der Waals surface area contributed by atoms with Crippen LogP contribution in [0.2, 0.25) is 0 Å². The lowest BCUT2D eigenvalue weighted by atomic mass is 9.77. The maximum Gasteiger partial charge on any atom is 0.416 e. The number of carbonyl (C=O) groups is 5. The number of alkyl halides is 3. The lowest BCUT2D eigenvalue weighted by Gasteiger charge is -2.29. The standard InChI is InChI=1S/C39H36F3NO9/c1-4-50-36(47)38(37(48)51-5-2,27-13-7-6-8-14-27)22-23-52-32(44)24-26-12-11-17-31(33(26)35(46)49-3)43-34(45)30-16-10-9-15-29(30)25-18-20-28(21-19-25)39(40,41)42/h6-21H,4-5,22-24H2,1-3H3,(H,43,45). The van der Waals surface area contributed by atoms with Crippen LogP contribution in [0, 0.1) is 0 Å². The maximum atomic E-state index is 13.6. The normalized spacial score (nSPS) is 11.3. The fourth-order valence-corrected chi connectivity index (χ4v) is 5.58. The summed E-state index contributed by atoms with van der Waals surface area (Å²) >= 11 is 0. The van der Waals surface area contributed by atoms with E-state index in [0.717, 1.165) is 19.2 Å². The summed E-state index contributed by atoms with van der Waals surface area (Å²) < 4.78 is 60.3. The Morgan fingerprint density at radius 3 is 1.90 bits per heavy atom. The summed E-state index contributed by atoms with van der Waals surface area (Å²) in [5, 5.41) is 2.66. The van der Waals surface area contributed by atoms with Gasteiger partial charge >= 0.3 is 30.1 Å². The first-order valence-electron chi connectivity index (χ1n) is 16.2. The van der Waals surface area contributed by atoms with Crippen LogP contribution in [-0.2, 0) is 51.3 Å². The first-order chi connectivity index (χ1) is 24.9. The summed E-state index contributed by atoms with van der Waals surface area (Å²) in [7, 11) is 1.12. The van der Waals surface area contributed by atoms with Crippen LogP contribution >= 0.6 is 0 Å². The van der Waals surface area contributed by atoms with Crippen molar-refractivity contribution in [3.63, 3.8) is 0 Å². The fraction of sp³-hybridized carbons (Fsp3) is 0.256. The Hall–Kier alpha value is -5.98. The Kier molecular flexibility index (Phi) is 12.9. The lowest BCUT2D eigenvalue weighted by molar-refractivity contribution is -0.167. The Morgan fingerprint density at radius 2 is 1.31 bits per heavy atom. The Balaban J connectivity index is 1.57. The zero-order chi connectivity index (χ0) is 37.9. The molecule has 0 bridgehead atoms. The zero-order valence-electron chi connectivity index (χ0n) is 28.6. The van der Waals surface area contributed by atoms with E-state index in [1.807, 2.05) is 0 Å². The van der Waals surface area contributed by atoms with Gasteiger partial charge in [-0.2, -0.15) is 13.2 Å². The predicted molar refractivity (Wildman–Crippen MR) is 183 cm³/mol. The minimum atomic E-state index is -4.53. The molecule has 0 radical (unpaired) electrons. The number of methoxy groups -OCH3 is 1. The number of benzene rings is 4. The van der Waals surface area contributed by atoms with Crippen LogP contribution in [0.15, 0.2) is 97.1 Å². The lowest BCUT2D eigenvalue weighted by Crippen LogP contribution is -2.47. The van der Waals surface area contributed by atoms with Gasteiger partial charge in [0.05, 0.1) is 50.2 Å². The van der Waals surface area contributed by atoms with Crippen molar-refractivity contribution in [2.24, 2.45) is 0 Å². The molecule has 0 saturated carbocycles. The number of amides is 1. The number of carbonyl (C=O) groups excluding carboxylic acids is 5. The van der Waals surface area contributed by atoms with Crippen LogP contribution in [0.3, 0.4) is 0 Å². The van der Waals surface area contributed by atoms with Crippen LogP contribution < -0.4 is 5.32 Å². The number of halogens is 3. The van der Waals surface area contributed by atoms with Crippen LogP contribution in [0.4, 0.5) is 18.9 Å². The molecule has 0 aliphatic carbocycles. The van der Waals surface area contributed by atoms with Crippen LogP contribution in [-0.4, -0.2) is 56.7 Å². The number of rotatable bonds is 14. The molecule has 4 aromatic carbocycles. The molecule has 1 amide bonds. The van der Waals surface area contributed by atoms with Gasteiger partial charge in [0.1, 0.15) is 0 Å².